The number of para-hydroxylation sites is 2. The van der Waals surface area contributed by atoms with E-state index in [-0.39, 0.29) is 11.4 Å². The van der Waals surface area contributed by atoms with Gasteiger partial charge in [-0.15, -0.1) is 0 Å². The summed E-state index contributed by atoms with van der Waals surface area (Å²) in [7, 11) is 0. The van der Waals surface area contributed by atoms with Gasteiger partial charge in [0.1, 0.15) is 23.8 Å². The maximum absolute atomic E-state index is 10.7. The molecule has 0 radical (unpaired) electrons. The fourth-order valence-corrected chi connectivity index (χ4v) is 2.63. The van der Waals surface area contributed by atoms with Crippen LogP contribution in [0.5, 0.6) is 0 Å². The molecule has 0 unspecified atom stereocenters. The van der Waals surface area contributed by atoms with Gasteiger partial charge in [0, 0.05) is 23.8 Å². The number of anilines is 4. The van der Waals surface area contributed by atoms with Gasteiger partial charge in [-0.05, 0) is 36.4 Å². The van der Waals surface area contributed by atoms with E-state index in [2.05, 4.69) is 20.6 Å². The van der Waals surface area contributed by atoms with Gasteiger partial charge in [-0.2, -0.15) is 0 Å². The first-order valence-electron chi connectivity index (χ1n) is 9.35. The van der Waals surface area contributed by atoms with Crippen molar-refractivity contribution in [2.24, 2.45) is 0 Å². The number of aromatic nitrogens is 2. The predicted molar refractivity (Wildman–Crippen MR) is 121 cm³/mol. The molecule has 0 fully saturated rings. The van der Waals surface area contributed by atoms with Crippen molar-refractivity contribution >= 4 is 34.1 Å². The lowest BCUT2D eigenvalue weighted by Crippen LogP contribution is -1.97. The van der Waals surface area contributed by atoms with Crippen molar-refractivity contribution in [3.8, 4) is 0 Å². The summed E-state index contributed by atoms with van der Waals surface area (Å²) in [5, 5.41) is 27.4. The first-order valence-corrected chi connectivity index (χ1v) is 9.35. The molecule has 0 aliphatic heterocycles. The van der Waals surface area contributed by atoms with Gasteiger partial charge in [-0.25, -0.2) is 0 Å². The number of nitro groups is 2. The summed E-state index contributed by atoms with van der Waals surface area (Å²) in [6, 6.07) is 21.7. The molecule has 10 nitrogen and oxygen atoms in total. The van der Waals surface area contributed by atoms with Crippen molar-refractivity contribution in [1.82, 2.24) is 9.97 Å². The van der Waals surface area contributed by atoms with Gasteiger partial charge in [0.25, 0.3) is 0 Å². The largest absolute Gasteiger partial charge is 0.350 e. The van der Waals surface area contributed by atoms with Gasteiger partial charge in [-0.3, -0.25) is 30.2 Å². The van der Waals surface area contributed by atoms with Gasteiger partial charge < -0.3 is 10.6 Å². The molecule has 2 N–H and O–H groups in total. The third-order valence-electron chi connectivity index (χ3n) is 4.10. The van der Waals surface area contributed by atoms with E-state index in [0.29, 0.717) is 11.4 Å². The van der Waals surface area contributed by atoms with Crippen LogP contribution in [-0.2, 0) is 0 Å². The molecule has 2 heterocycles. The smallest absolute Gasteiger partial charge is 0.310 e. The minimum absolute atomic E-state index is 0.0358. The normalized spacial score (nSPS) is 9.75. The fourth-order valence-electron chi connectivity index (χ4n) is 2.63. The average Bonchev–Trinajstić information content (AvgIpc) is 2.81. The Labute approximate surface area is 182 Å². The Morgan fingerprint density at radius 1 is 0.594 bits per heavy atom. The number of hydrogen-bond donors (Lipinski definition) is 2. The van der Waals surface area contributed by atoms with Gasteiger partial charge in [0.05, 0.1) is 9.85 Å². The SMILES string of the molecule is O=[N+]([O-])c1cnccc1Nc1ccccc1.O=[N+]([O-])c1cnccc1Nc1ccccc1. The van der Waals surface area contributed by atoms with E-state index in [1.807, 2.05) is 60.7 Å². The Morgan fingerprint density at radius 3 is 1.31 bits per heavy atom. The Hall–Kier alpha value is -4.86. The van der Waals surface area contributed by atoms with Crippen molar-refractivity contribution < 1.29 is 9.85 Å². The molecular weight excluding hydrogens is 412 g/mol. The molecule has 0 saturated carbocycles. The number of rotatable bonds is 6. The van der Waals surface area contributed by atoms with Crippen molar-refractivity contribution in [1.29, 1.82) is 0 Å². The van der Waals surface area contributed by atoms with E-state index in [4.69, 9.17) is 0 Å². The van der Waals surface area contributed by atoms with Crippen LogP contribution < -0.4 is 10.6 Å². The monoisotopic (exact) mass is 430 g/mol. The van der Waals surface area contributed by atoms with Gasteiger partial charge in [-0.1, -0.05) is 36.4 Å². The number of nitrogens with zero attached hydrogens (tertiary/aromatic N) is 4. The zero-order valence-electron chi connectivity index (χ0n) is 16.7. The molecule has 4 aromatic rings. The molecule has 2 aromatic heterocycles. The summed E-state index contributed by atoms with van der Waals surface area (Å²) in [5.41, 5.74) is 2.41. The molecule has 0 saturated heterocycles. The van der Waals surface area contributed by atoms with Gasteiger partial charge >= 0.3 is 11.4 Å². The number of nitrogens with one attached hydrogen (secondary N) is 2. The lowest BCUT2D eigenvalue weighted by molar-refractivity contribution is -0.384. The first kappa shape index (κ1) is 21.8. The molecule has 0 bridgehead atoms. The second-order valence-corrected chi connectivity index (χ2v) is 6.28. The summed E-state index contributed by atoms with van der Waals surface area (Å²) >= 11 is 0. The van der Waals surface area contributed by atoms with Crippen molar-refractivity contribution in [2.45, 2.75) is 0 Å². The number of pyridine rings is 2. The zero-order valence-corrected chi connectivity index (χ0v) is 16.7. The highest BCUT2D eigenvalue weighted by atomic mass is 16.6. The summed E-state index contributed by atoms with van der Waals surface area (Å²) in [6.07, 6.45) is 5.48. The minimum atomic E-state index is -0.460. The molecule has 0 spiro atoms. The lowest BCUT2D eigenvalue weighted by Gasteiger charge is -2.05. The molecule has 160 valence electrons. The van der Waals surface area contributed by atoms with Crippen LogP contribution in [0.4, 0.5) is 34.1 Å². The lowest BCUT2D eigenvalue weighted by atomic mass is 10.3. The van der Waals surface area contributed by atoms with Crippen LogP contribution in [0.25, 0.3) is 0 Å². The predicted octanol–water partition coefficient (Wildman–Crippen LogP) is 5.47. The molecule has 0 aliphatic rings. The summed E-state index contributed by atoms with van der Waals surface area (Å²) in [4.78, 5) is 28.0. The van der Waals surface area contributed by atoms with Crippen molar-refractivity contribution in [3.63, 3.8) is 0 Å². The van der Waals surface area contributed by atoms with E-state index >= 15 is 0 Å². The minimum Gasteiger partial charge on any atom is -0.350 e. The van der Waals surface area contributed by atoms with Crippen LogP contribution in [0.2, 0.25) is 0 Å². The second kappa shape index (κ2) is 10.8. The highest BCUT2D eigenvalue weighted by Gasteiger charge is 2.13. The Bertz CT molecular complexity index is 1090. The quantitative estimate of drug-likeness (QED) is 0.304. The summed E-state index contributed by atoms with van der Waals surface area (Å²) in [6.45, 7) is 0. The van der Waals surface area contributed by atoms with Crippen LogP contribution in [-0.4, -0.2) is 19.8 Å². The Balaban J connectivity index is 0.000000181. The Kier molecular flexibility index (Phi) is 7.36. The second-order valence-electron chi connectivity index (χ2n) is 6.28. The van der Waals surface area contributed by atoms with Gasteiger partial charge in [0.2, 0.25) is 0 Å². The van der Waals surface area contributed by atoms with Crippen molar-refractivity contribution in [2.75, 3.05) is 10.6 Å². The molecule has 0 atom stereocenters. The molecule has 2 aromatic carbocycles. The number of hydrogen-bond acceptors (Lipinski definition) is 8. The molecular formula is C22H18N6O4. The maximum Gasteiger partial charge on any atom is 0.310 e. The molecule has 0 amide bonds. The fraction of sp³-hybridized carbons (Fsp3) is 0. The van der Waals surface area contributed by atoms with E-state index in [0.717, 1.165) is 11.4 Å². The molecule has 0 aliphatic carbocycles. The summed E-state index contributed by atoms with van der Waals surface area (Å²) < 4.78 is 0. The third kappa shape index (κ3) is 6.07. The van der Waals surface area contributed by atoms with Crippen LogP contribution in [0.1, 0.15) is 0 Å². The molecule has 32 heavy (non-hydrogen) atoms. The topological polar surface area (TPSA) is 136 Å². The van der Waals surface area contributed by atoms with E-state index < -0.39 is 9.85 Å². The Morgan fingerprint density at radius 2 is 0.969 bits per heavy atom. The van der Waals surface area contributed by atoms with Gasteiger partial charge in [0.15, 0.2) is 0 Å². The average molecular weight is 430 g/mol. The zero-order chi connectivity index (χ0) is 22.8. The molecule has 4 rings (SSSR count). The van der Waals surface area contributed by atoms with E-state index in [9.17, 15) is 20.2 Å². The molecule has 10 heteroatoms. The highest BCUT2D eigenvalue weighted by Crippen LogP contribution is 2.26. The first-order chi connectivity index (χ1) is 15.5. The standard InChI is InChI=1S/2C11H9N3O2/c2*15-14(16)11-8-12-7-6-10(11)13-9-4-2-1-3-5-9/h2*1-8H,(H,12,13). The van der Waals surface area contributed by atoms with Crippen LogP contribution in [0.15, 0.2) is 97.6 Å². The third-order valence-corrected chi connectivity index (χ3v) is 4.10. The van der Waals surface area contributed by atoms with E-state index in [1.54, 1.807) is 12.1 Å². The summed E-state index contributed by atoms with van der Waals surface area (Å²) in [5.74, 6) is 0. The van der Waals surface area contributed by atoms with Crippen LogP contribution in [0.3, 0.4) is 0 Å². The van der Waals surface area contributed by atoms with Crippen LogP contribution in [0, 0.1) is 20.2 Å². The number of benzene rings is 2. The van der Waals surface area contributed by atoms with Crippen LogP contribution >= 0.6 is 0 Å². The maximum atomic E-state index is 10.7. The van der Waals surface area contributed by atoms with Crippen molar-refractivity contribution in [3.05, 3.63) is 118 Å². The highest BCUT2D eigenvalue weighted by molar-refractivity contribution is 5.69. The van der Waals surface area contributed by atoms with E-state index in [1.165, 1.54) is 24.8 Å².